The van der Waals surface area contributed by atoms with E-state index in [0.717, 1.165) is 0 Å². The van der Waals surface area contributed by atoms with Crippen molar-refractivity contribution >= 4 is 17.7 Å². The molecule has 1 heterocycles. The third-order valence-electron chi connectivity index (χ3n) is 2.67. The maximum absolute atomic E-state index is 11.4. The molecule has 7 nitrogen and oxygen atoms in total. The van der Waals surface area contributed by atoms with Gasteiger partial charge in [0.1, 0.15) is 5.82 Å². The summed E-state index contributed by atoms with van der Waals surface area (Å²) in [5.41, 5.74) is 0.152. The van der Waals surface area contributed by atoms with E-state index in [9.17, 15) is 9.59 Å². The van der Waals surface area contributed by atoms with Gasteiger partial charge in [0.15, 0.2) is 5.69 Å². The first-order chi connectivity index (χ1) is 8.99. The van der Waals surface area contributed by atoms with E-state index in [-0.39, 0.29) is 17.5 Å². The van der Waals surface area contributed by atoms with E-state index in [1.807, 2.05) is 6.92 Å². The molecule has 0 aromatic carbocycles. The highest BCUT2D eigenvalue weighted by Crippen LogP contribution is 2.10. The maximum atomic E-state index is 11.4. The van der Waals surface area contributed by atoms with E-state index >= 15 is 0 Å². The molecule has 0 fully saturated rings. The monoisotopic (exact) mass is 266 g/mol. The Balaban J connectivity index is 2.70. The van der Waals surface area contributed by atoms with Gasteiger partial charge < -0.3 is 15.0 Å². The highest BCUT2D eigenvalue weighted by atomic mass is 16.5. The summed E-state index contributed by atoms with van der Waals surface area (Å²) in [5, 5.41) is 2.59. The summed E-state index contributed by atoms with van der Waals surface area (Å²) in [4.78, 5) is 32.5. The first-order valence-corrected chi connectivity index (χ1v) is 5.82. The van der Waals surface area contributed by atoms with Gasteiger partial charge in [-0.2, -0.15) is 0 Å². The lowest BCUT2D eigenvalue weighted by Gasteiger charge is -2.21. The highest BCUT2D eigenvalue weighted by Gasteiger charge is 2.15. The average molecular weight is 266 g/mol. The highest BCUT2D eigenvalue weighted by molar-refractivity contribution is 5.86. The molecule has 0 radical (unpaired) electrons. The van der Waals surface area contributed by atoms with Crippen molar-refractivity contribution in [1.82, 2.24) is 15.3 Å². The van der Waals surface area contributed by atoms with Gasteiger partial charge in [-0.25, -0.2) is 14.8 Å². The number of carbonyl (C=O) groups excluding carboxylic acids is 2. The molecule has 7 heteroatoms. The van der Waals surface area contributed by atoms with Crippen molar-refractivity contribution in [2.75, 3.05) is 32.6 Å². The van der Waals surface area contributed by atoms with Crippen LogP contribution in [0.3, 0.4) is 0 Å². The van der Waals surface area contributed by atoms with Crippen LogP contribution in [0.15, 0.2) is 12.4 Å². The van der Waals surface area contributed by atoms with Crippen LogP contribution in [0.25, 0.3) is 0 Å². The summed E-state index contributed by atoms with van der Waals surface area (Å²) >= 11 is 0. The molecule has 1 aromatic rings. The molecular weight excluding hydrogens is 248 g/mol. The van der Waals surface area contributed by atoms with Crippen molar-refractivity contribution in [2.45, 2.75) is 6.92 Å². The molecule has 1 N–H and O–H groups in total. The SMILES string of the molecule is CNC(=O)C(C)CN(C)c1cnc(C(=O)OC)cn1. The molecule has 0 aliphatic heterocycles. The van der Waals surface area contributed by atoms with Gasteiger partial charge in [0.25, 0.3) is 0 Å². The van der Waals surface area contributed by atoms with Gasteiger partial charge in [-0.1, -0.05) is 6.92 Å². The smallest absolute Gasteiger partial charge is 0.358 e. The van der Waals surface area contributed by atoms with Crippen molar-refractivity contribution in [3.63, 3.8) is 0 Å². The number of rotatable bonds is 5. The molecule has 1 aromatic heterocycles. The Labute approximate surface area is 112 Å². The van der Waals surface area contributed by atoms with E-state index in [2.05, 4.69) is 20.0 Å². The molecule has 19 heavy (non-hydrogen) atoms. The fourth-order valence-corrected chi connectivity index (χ4v) is 1.56. The summed E-state index contributed by atoms with van der Waals surface area (Å²) < 4.78 is 4.54. The number of nitrogens with one attached hydrogen (secondary N) is 1. The number of ether oxygens (including phenoxy) is 1. The lowest BCUT2D eigenvalue weighted by molar-refractivity contribution is -0.123. The predicted octanol–water partition coefficient (Wildman–Crippen LogP) is 0.0815. The van der Waals surface area contributed by atoms with E-state index in [1.54, 1.807) is 19.0 Å². The third-order valence-corrected chi connectivity index (χ3v) is 2.67. The van der Waals surface area contributed by atoms with Crippen molar-refractivity contribution in [3.8, 4) is 0 Å². The molecule has 0 bridgehead atoms. The number of hydrogen-bond acceptors (Lipinski definition) is 6. The fraction of sp³-hybridized carbons (Fsp3) is 0.500. The zero-order chi connectivity index (χ0) is 14.4. The number of esters is 1. The van der Waals surface area contributed by atoms with Gasteiger partial charge in [0.2, 0.25) is 5.91 Å². The number of aromatic nitrogens is 2. The van der Waals surface area contributed by atoms with Crippen LogP contribution in [0.4, 0.5) is 5.82 Å². The molecule has 1 amide bonds. The molecular formula is C12H18N4O3. The molecule has 1 unspecified atom stereocenters. The van der Waals surface area contributed by atoms with Crippen molar-refractivity contribution < 1.29 is 14.3 Å². The normalized spacial score (nSPS) is 11.6. The Hall–Kier alpha value is -2.18. The summed E-state index contributed by atoms with van der Waals surface area (Å²) in [5.74, 6) is -0.146. The Kier molecular flexibility index (Phi) is 5.23. The van der Waals surface area contributed by atoms with Crippen LogP contribution in [0.1, 0.15) is 17.4 Å². The Morgan fingerprint density at radius 1 is 1.42 bits per heavy atom. The van der Waals surface area contributed by atoms with Crippen LogP contribution in [-0.2, 0) is 9.53 Å². The summed E-state index contributed by atoms with van der Waals surface area (Å²) in [7, 11) is 4.69. The summed E-state index contributed by atoms with van der Waals surface area (Å²) in [6.45, 7) is 2.33. The zero-order valence-electron chi connectivity index (χ0n) is 11.5. The van der Waals surface area contributed by atoms with Gasteiger partial charge in [0, 0.05) is 20.6 Å². The lowest BCUT2D eigenvalue weighted by atomic mass is 10.1. The minimum atomic E-state index is -0.527. The fourth-order valence-electron chi connectivity index (χ4n) is 1.56. The van der Waals surface area contributed by atoms with Crippen LogP contribution < -0.4 is 10.2 Å². The van der Waals surface area contributed by atoms with Crippen LogP contribution in [0, 0.1) is 5.92 Å². The number of methoxy groups -OCH3 is 1. The largest absolute Gasteiger partial charge is 0.464 e. The molecule has 1 atom stereocenters. The second kappa shape index (κ2) is 6.67. The van der Waals surface area contributed by atoms with Crippen molar-refractivity contribution in [1.29, 1.82) is 0 Å². The minimum Gasteiger partial charge on any atom is -0.464 e. The minimum absolute atomic E-state index is 0.0361. The first kappa shape index (κ1) is 14.9. The van der Waals surface area contributed by atoms with Gasteiger partial charge in [0.05, 0.1) is 25.4 Å². The first-order valence-electron chi connectivity index (χ1n) is 5.82. The van der Waals surface area contributed by atoms with Gasteiger partial charge in [-0.15, -0.1) is 0 Å². The zero-order valence-corrected chi connectivity index (χ0v) is 11.5. The van der Waals surface area contributed by atoms with E-state index in [0.29, 0.717) is 12.4 Å². The van der Waals surface area contributed by atoms with Crippen LogP contribution in [-0.4, -0.2) is 49.6 Å². The van der Waals surface area contributed by atoms with Gasteiger partial charge >= 0.3 is 5.97 Å². The number of carbonyl (C=O) groups is 2. The Morgan fingerprint density at radius 3 is 2.58 bits per heavy atom. The van der Waals surface area contributed by atoms with Crippen molar-refractivity contribution in [3.05, 3.63) is 18.1 Å². The predicted molar refractivity (Wildman–Crippen MR) is 69.9 cm³/mol. The Morgan fingerprint density at radius 2 is 2.11 bits per heavy atom. The summed E-state index contributed by atoms with van der Waals surface area (Å²) in [6.07, 6.45) is 2.82. The molecule has 0 aliphatic rings. The molecule has 0 aliphatic carbocycles. The van der Waals surface area contributed by atoms with Gasteiger partial charge in [-0.3, -0.25) is 4.79 Å². The van der Waals surface area contributed by atoms with Crippen LogP contribution >= 0.6 is 0 Å². The van der Waals surface area contributed by atoms with Crippen LogP contribution in [0.5, 0.6) is 0 Å². The average Bonchev–Trinajstić information content (AvgIpc) is 2.45. The van der Waals surface area contributed by atoms with Crippen molar-refractivity contribution in [2.24, 2.45) is 5.92 Å². The third kappa shape index (κ3) is 3.90. The molecule has 1 rings (SSSR count). The molecule has 0 saturated carbocycles. The van der Waals surface area contributed by atoms with E-state index in [1.165, 1.54) is 19.5 Å². The molecule has 0 spiro atoms. The quantitative estimate of drug-likeness (QED) is 0.760. The number of amides is 1. The van der Waals surface area contributed by atoms with E-state index in [4.69, 9.17) is 0 Å². The second-order valence-electron chi connectivity index (χ2n) is 4.15. The number of anilines is 1. The standard InChI is InChI=1S/C12H18N4O3/c1-8(11(17)13-2)7-16(3)10-6-14-9(5-15-10)12(18)19-4/h5-6,8H,7H2,1-4H3,(H,13,17). The van der Waals surface area contributed by atoms with Gasteiger partial charge in [-0.05, 0) is 0 Å². The number of nitrogens with zero attached hydrogens (tertiary/aromatic N) is 3. The number of hydrogen-bond donors (Lipinski definition) is 1. The van der Waals surface area contributed by atoms with Crippen LogP contribution in [0.2, 0.25) is 0 Å². The molecule has 0 saturated heterocycles. The maximum Gasteiger partial charge on any atom is 0.358 e. The van der Waals surface area contributed by atoms with E-state index < -0.39 is 5.97 Å². The Bertz CT molecular complexity index is 447. The topological polar surface area (TPSA) is 84.4 Å². The lowest BCUT2D eigenvalue weighted by Crippen LogP contribution is -2.34. The molecule has 104 valence electrons. The second-order valence-corrected chi connectivity index (χ2v) is 4.15. The summed E-state index contributed by atoms with van der Waals surface area (Å²) in [6, 6.07) is 0.